The number of nitrogens with one attached hydrogen (secondary N) is 1. The quantitative estimate of drug-likeness (QED) is 0.364. The largest absolute Gasteiger partial charge is 0.378 e. The monoisotopic (exact) mass is 300 g/mol. The van der Waals surface area contributed by atoms with Gasteiger partial charge >= 0.3 is 0 Å². The number of aliphatic hydroxyl groups is 1. The molecule has 21 heavy (non-hydrogen) atoms. The van der Waals surface area contributed by atoms with E-state index in [1.165, 1.54) is 51.4 Å². The zero-order valence-electron chi connectivity index (χ0n) is 15.2. The van der Waals surface area contributed by atoms with Gasteiger partial charge in [0.15, 0.2) is 0 Å². The Labute approximate surface area is 133 Å². The van der Waals surface area contributed by atoms with Gasteiger partial charge in [0.05, 0.1) is 0 Å². The summed E-state index contributed by atoms with van der Waals surface area (Å²) in [5.74, 6) is 1.47. The number of hydrogen-bond acceptors (Lipinski definition) is 3. The third-order valence-corrected chi connectivity index (χ3v) is 4.41. The molecule has 2 N–H and O–H groups in total. The predicted molar refractivity (Wildman–Crippen MR) is 93.0 cm³/mol. The number of aliphatic hydroxyl groups excluding tert-OH is 1. The molecule has 3 heteroatoms. The number of rotatable bonds is 14. The third kappa shape index (κ3) is 11.1. The fourth-order valence-electron chi connectivity index (χ4n) is 2.90. The molecule has 0 saturated heterocycles. The van der Waals surface area contributed by atoms with E-state index in [-0.39, 0.29) is 0 Å². The van der Waals surface area contributed by atoms with E-state index in [1.54, 1.807) is 0 Å². The minimum absolute atomic E-state index is 0.461. The minimum atomic E-state index is -0.461. The number of hydrogen-bond donors (Lipinski definition) is 2. The molecule has 128 valence electrons. The van der Waals surface area contributed by atoms with Gasteiger partial charge in [-0.05, 0) is 31.6 Å². The van der Waals surface area contributed by atoms with Gasteiger partial charge in [0.25, 0.3) is 0 Å². The standard InChI is InChI=1S/C18H40N2O/c1-6-10-12-17(8-3)14-20(19-16(5)21)15-18(9-4)13-11-7-2/h16-19,21H,6-15H2,1-5H3. The Morgan fingerprint density at radius 2 is 1.29 bits per heavy atom. The maximum absolute atomic E-state index is 9.69. The van der Waals surface area contributed by atoms with Crippen molar-refractivity contribution in [1.82, 2.24) is 10.4 Å². The van der Waals surface area contributed by atoms with Crippen molar-refractivity contribution >= 4 is 0 Å². The van der Waals surface area contributed by atoms with Crippen LogP contribution >= 0.6 is 0 Å². The highest BCUT2D eigenvalue weighted by Crippen LogP contribution is 2.18. The van der Waals surface area contributed by atoms with Gasteiger partial charge in [0.2, 0.25) is 0 Å². The lowest BCUT2D eigenvalue weighted by Crippen LogP contribution is -2.48. The zero-order valence-corrected chi connectivity index (χ0v) is 15.2. The Kier molecular flexibility index (Phi) is 13.5. The van der Waals surface area contributed by atoms with Crippen molar-refractivity contribution in [1.29, 1.82) is 0 Å². The first kappa shape index (κ1) is 20.9. The average molecular weight is 301 g/mol. The smallest absolute Gasteiger partial charge is 0.114 e. The Bertz CT molecular complexity index is 203. The van der Waals surface area contributed by atoms with Crippen LogP contribution in [-0.2, 0) is 0 Å². The van der Waals surface area contributed by atoms with Crippen LogP contribution in [0.2, 0.25) is 0 Å². The highest BCUT2D eigenvalue weighted by Gasteiger charge is 2.17. The summed E-state index contributed by atoms with van der Waals surface area (Å²) < 4.78 is 0. The molecule has 0 aliphatic heterocycles. The predicted octanol–water partition coefficient (Wildman–Crippen LogP) is 4.56. The molecule has 0 aromatic rings. The summed E-state index contributed by atoms with van der Waals surface area (Å²) in [5.41, 5.74) is 3.25. The first-order chi connectivity index (χ1) is 10.1. The van der Waals surface area contributed by atoms with Gasteiger partial charge in [0, 0.05) is 13.1 Å². The van der Waals surface area contributed by atoms with Crippen molar-refractivity contribution in [2.75, 3.05) is 13.1 Å². The molecular weight excluding hydrogens is 260 g/mol. The fraction of sp³-hybridized carbons (Fsp3) is 1.00. The van der Waals surface area contributed by atoms with Gasteiger partial charge in [0.1, 0.15) is 6.23 Å². The average Bonchev–Trinajstić information content (AvgIpc) is 2.46. The van der Waals surface area contributed by atoms with Crippen LogP contribution < -0.4 is 5.43 Å². The molecule has 0 aliphatic carbocycles. The summed E-state index contributed by atoms with van der Waals surface area (Å²) in [6.45, 7) is 13.0. The highest BCUT2D eigenvalue weighted by atomic mass is 16.3. The van der Waals surface area contributed by atoms with E-state index in [0.29, 0.717) is 0 Å². The van der Waals surface area contributed by atoms with Gasteiger partial charge < -0.3 is 5.11 Å². The maximum atomic E-state index is 9.69. The molecule has 0 bridgehead atoms. The van der Waals surface area contributed by atoms with Crippen molar-refractivity contribution in [3.05, 3.63) is 0 Å². The van der Waals surface area contributed by atoms with E-state index in [9.17, 15) is 5.11 Å². The molecule has 0 saturated carbocycles. The molecule has 3 nitrogen and oxygen atoms in total. The number of nitrogens with zero attached hydrogens (tertiary/aromatic N) is 1. The van der Waals surface area contributed by atoms with Crippen LogP contribution in [0, 0.1) is 11.8 Å². The lowest BCUT2D eigenvalue weighted by Gasteiger charge is -2.32. The molecule has 3 unspecified atom stereocenters. The Morgan fingerprint density at radius 1 is 0.857 bits per heavy atom. The fourth-order valence-corrected chi connectivity index (χ4v) is 2.90. The third-order valence-electron chi connectivity index (χ3n) is 4.41. The molecule has 3 atom stereocenters. The van der Waals surface area contributed by atoms with Crippen LogP contribution in [0.1, 0.15) is 86.0 Å². The highest BCUT2D eigenvalue weighted by molar-refractivity contribution is 4.68. The van der Waals surface area contributed by atoms with E-state index in [1.807, 2.05) is 6.92 Å². The first-order valence-corrected chi connectivity index (χ1v) is 9.26. The van der Waals surface area contributed by atoms with Crippen molar-refractivity contribution in [2.24, 2.45) is 11.8 Å². The Morgan fingerprint density at radius 3 is 1.57 bits per heavy atom. The molecule has 0 amide bonds. The van der Waals surface area contributed by atoms with E-state index in [2.05, 4.69) is 38.1 Å². The molecule has 0 aliphatic rings. The summed E-state index contributed by atoms with van der Waals surface area (Å²) >= 11 is 0. The van der Waals surface area contributed by atoms with Gasteiger partial charge in [-0.1, -0.05) is 66.2 Å². The van der Waals surface area contributed by atoms with Crippen LogP contribution in [0.15, 0.2) is 0 Å². The first-order valence-electron chi connectivity index (χ1n) is 9.26. The number of unbranched alkanes of at least 4 members (excludes halogenated alkanes) is 2. The van der Waals surface area contributed by atoms with Crippen LogP contribution in [0.25, 0.3) is 0 Å². The second-order valence-electron chi connectivity index (χ2n) is 6.54. The lowest BCUT2D eigenvalue weighted by molar-refractivity contribution is 0.0238. The van der Waals surface area contributed by atoms with Crippen molar-refractivity contribution in [2.45, 2.75) is 92.2 Å². The molecular formula is C18H40N2O. The normalized spacial score (nSPS) is 16.1. The minimum Gasteiger partial charge on any atom is -0.378 e. The summed E-state index contributed by atoms with van der Waals surface area (Å²) in [6.07, 6.45) is 9.77. The molecule has 0 fully saturated rings. The summed E-state index contributed by atoms with van der Waals surface area (Å²) in [4.78, 5) is 0. The lowest BCUT2D eigenvalue weighted by atomic mass is 9.96. The van der Waals surface area contributed by atoms with Gasteiger partial charge in [-0.3, -0.25) is 0 Å². The van der Waals surface area contributed by atoms with E-state index < -0.39 is 6.23 Å². The zero-order chi connectivity index (χ0) is 16.1. The van der Waals surface area contributed by atoms with E-state index in [4.69, 9.17) is 0 Å². The summed E-state index contributed by atoms with van der Waals surface area (Å²) in [6, 6.07) is 0. The maximum Gasteiger partial charge on any atom is 0.114 e. The molecule has 0 heterocycles. The molecule has 0 rings (SSSR count). The SMILES string of the molecule is CCCCC(CC)CN(CC(CC)CCCC)NC(C)O. The molecule has 0 aromatic carbocycles. The van der Waals surface area contributed by atoms with Gasteiger partial charge in [-0.2, -0.15) is 0 Å². The van der Waals surface area contributed by atoms with Crippen molar-refractivity contribution in [3.8, 4) is 0 Å². The topological polar surface area (TPSA) is 35.5 Å². The van der Waals surface area contributed by atoms with Crippen LogP contribution in [0.3, 0.4) is 0 Å². The number of hydrazine groups is 1. The van der Waals surface area contributed by atoms with Crippen LogP contribution in [-0.4, -0.2) is 29.4 Å². The van der Waals surface area contributed by atoms with Gasteiger partial charge in [-0.25, -0.2) is 10.4 Å². The van der Waals surface area contributed by atoms with E-state index >= 15 is 0 Å². The van der Waals surface area contributed by atoms with Crippen molar-refractivity contribution in [3.63, 3.8) is 0 Å². The van der Waals surface area contributed by atoms with Crippen LogP contribution in [0.5, 0.6) is 0 Å². The van der Waals surface area contributed by atoms with E-state index in [0.717, 1.165) is 24.9 Å². The molecule has 0 aromatic heterocycles. The van der Waals surface area contributed by atoms with Crippen LogP contribution in [0.4, 0.5) is 0 Å². The second kappa shape index (κ2) is 13.5. The summed E-state index contributed by atoms with van der Waals surface area (Å²) in [7, 11) is 0. The second-order valence-corrected chi connectivity index (χ2v) is 6.54. The molecule has 0 radical (unpaired) electrons. The van der Waals surface area contributed by atoms with Gasteiger partial charge in [-0.15, -0.1) is 0 Å². The summed E-state index contributed by atoms with van der Waals surface area (Å²) in [5, 5.41) is 12.0. The molecule has 0 spiro atoms. The Balaban J connectivity index is 4.45. The Hall–Kier alpha value is -0.120. The van der Waals surface area contributed by atoms with Crippen molar-refractivity contribution < 1.29 is 5.11 Å².